The van der Waals surface area contributed by atoms with Crippen LogP contribution in [0.5, 0.6) is 0 Å². The highest BCUT2D eigenvalue weighted by atomic mass is 16.3. The molecular formula is C11H16N2O2. The third-order valence-corrected chi connectivity index (χ3v) is 1.60. The Hall–Kier alpha value is -1.71. The first kappa shape index (κ1) is 13.3. The maximum absolute atomic E-state index is 11.2. The van der Waals surface area contributed by atoms with E-state index in [1.807, 2.05) is 0 Å². The van der Waals surface area contributed by atoms with Crippen molar-refractivity contribution in [3.05, 3.63) is 23.2 Å². The van der Waals surface area contributed by atoms with Gasteiger partial charge in [0.1, 0.15) is 11.4 Å². The zero-order valence-electron chi connectivity index (χ0n) is 9.48. The van der Waals surface area contributed by atoms with Crippen LogP contribution in [0.2, 0.25) is 0 Å². The third-order valence-electron chi connectivity index (χ3n) is 1.60. The van der Waals surface area contributed by atoms with Gasteiger partial charge in [0.15, 0.2) is 11.5 Å². The summed E-state index contributed by atoms with van der Waals surface area (Å²) in [6.07, 6.45) is 4.61. The molecule has 0 saturated heterocycles. The van der Waals surface area contributed by atoms with E-state index in [-0.39, 0.29) is 17.2 Å². The van der Waals surface area contributed by atoms with Crippen LogP contribution in [0.3, 0.4) is 0 Å². The number of allylic oxidation sites excluding steroid dienone is 2. The normalized spacial score (nSPS) is 14.8. The van der Waals surface area contributed by atoms with Gasteiger partial charge >= 0.3 is 0 Å². The fourth-order valence-corrected chi connectivity index (χ4v) is 0.981. The van der Waals surface area contributed by atoms with Gasteiger partial charge in [0.05, 0.1) is 0 Å². The number of carbonyl (C=O) groups is 1. The second-order valence-corrected chi connectivity index (χ2v) is 2.70. The molecule has 0 unspecified atom stereocenters. The van der Waals surface area contributed by atoms with Gasteiger partial charge < -0.3 is 5.11 Å². The SMILES string of the molecule is C\C=N/C(=C\C)C(/O)=C(\N=C/C)C(C)=O. The van der Waals surface area contributed by atoms with Crippen molar-refractivity contribution in [2.24, 2.45) is 9.98 Å². The number of hydrogen-bond acceptors (Lipinski definition) is 4. The van der Waals surface area contributed by atoms with Crippen molar-refractivity contribution in [3.8, 4) is 0 Å². The van der Waals surface area contributed by atoms with Crippen LogP contribution >= 0.6 is 0 Å². The molecule has 0 aliphatic rings. The number of hydrogen-bond donors (Lipinski definition) is 1. The van der Waals surface area contributed by atoms with Gasteiger partial charge in [0, 0.05) is 19.4 Å². The maximum atomic E-state index is 11.2. The van der Waals surface area contributed by atoms with E-state index in [4.69, 9.17) is 0 Å². The molecule has 0 aliphatic carbocycles. The van der Waals surface area contributed by atoms with Gasteiger partial charge in [-0.2, -0.15) is 0 Å². The molecule has 0 amide bonds. The average Bonchev–Trinajstić information content (AvgIpc) is 2.21. The highest BCUT2D eigenvalue weighted by molar-refractivity contribution is 5.95. The van der Waals surface area contributed by atoms with E-state index in [1.165, 1.54) is 13.1 Å². The largest absolute Gasteiger partial charge is 0.504 e. The van der Waals surface area contributed by atoms with Crippen LogP contribution in [-0.2, 0) is 4.79 Å². The van der Waals surface area contributed by atoms with E-state index in [0.29, 0.717) is 5.70 Å². The number of aliphatic hydroxyl groups excluding tert-OH is 1. The quantitative estimate of drug-likeness (QED) is 0.334. The van der Waals surface area contributed by atoms with Crippen molar-refractivity contribution in [1.82, 2.24) is 0 Å². The summed E-state index contributed by atoms with van der Waals surface area (Å²) >= 11 is 0. The van der Waals surface area contributed by atoms with E-state index in [0.717, 1.165) is 0 Å². The van der Waals surface area contributed by atoms with Crippen molar-refractivity contribution in [2.45, 2.75) is 27.7 Å². The van der Waals surface area contributed by atoms with E-state index in [9.17, 15) is 9.90 Å². The molecule has 82 valence electrons. The molecule has 0 aromatic heterocycles. The van der Waals surface area contributed by atoms with Gasteiger partial charge in [-0.15, -0.1) is 0 Å². The van der Waals surface area contributed by atoms with Gasteiger partial charge in [-0.1, -0.05) is 6.08 Å². The molecule has 0 spiro atoms. The second-order valence-electron chi connectivity index (χ2n) is 2.70. The number of rotatable bonds is 4. The molecular weight excluding hydrogens is 192 g/mol. The lowest BCUT2D eigenvalue weighted by molar-refractivity contribution is -0.113. The van der Waals surface area contributed by atoms with Crippen molar-refractivity contribution < 1.29 is 9.90 Å². The van der Waals surface area contributed by atoms with Crippen LogP contribution in [0.4, 0.5) is 0 Å². The van der Waals surface area contributed by atoms with Gasteiger partial charge in [-0.25, -0.2) is 0 Å². The maximum Gasteiger partial charge on any atom is 0.181 e. The molecule has 4 nitrogen and oxygen atoms in total. The van der Waals surface area contributed by atoms with Gasteiger partial charge in [-0.05, 0) is 20.8 Å². The summed E-state index contributed by atoms with van der Waals surface area (Å²) < 4.78 is 0. The van der Waals surface area contributed by atoms with Crippen LogP contribution in [0.25, 0.3) is 0 Å². The highest BCUT2D eigenvalue weighted by Gasteiger charge is 2.12. The lowest BCUT2D eigenvalue weighted by Gasteiger charge is -2.03. The first-order chi connectivity index (χ1) is 7.08. The number of carbonyl (C=O) groups excluding carboxylic acids is 1. The predicted octanol–water partition coefficient (Wildman–Crippen LogP) is 2.43. The molecule has 0 aromatic rings. The smallest absolute Gasteiger partial charge is 0.181 e. The molecule has 0 radical (unpaired) electrons. The summed E-state index contributed by atoms with van der Waals surface area (Å²) in [5, 5.41) is 9.76. The van der Waals surface area contributed by atoms with Crippen LogP contribution in [0.15, 0.2) is 33.2 Å². The van der Waals surface area contributed by atoms with E-state index < -0.39 is 0 Å². The summed E-state index contributed by atoms with van der Waals surface area (Å²) in [7, 11) is 0. The average molecular weight is 208 g/mol. The summed E-state index contributed by atoms with van der Waals surface area (Å²) in [5.74, 6) is -0.488. The second kappa shape index (κ2) is 6.70. The number of aliphatic hydroxyl groups is 1. The number of Topliss-reactive ketones (excluding diaryl/α,β-unsaturated/α-hetero) is 1. The minimum atomic E-state index is -0.295. The molecule has 0 bridgehead atoms. The molecule has 15 heavy (non-hydrogen) atoms. The lowest BCUT2D eigenvalue weighted by atomic mass is 10.2. The third kappa shape index (κ3) is 3.89. The van der Waals surface area contributed by atoms with Crippen LogP contribution in [-0.4, -0.2) is 23.3 Å². The monoisotopic (exact) mass is 208 g/mol. The Morgan fingerprint density at radius 1 is 1.13 bits per heavy atom. The zero-order chi connectivity index (χ0) is 11.8. The minimum Gasteiger partial charge on any atom is -0.504 e. The molecule has 0 atom stereocenters. The molecule has 4 heteroatoms. The van der Waals surface area contributed by atoms with Crippen LogP contribution < -0.4 is 0 Å². The molecule has 0 heterocycles. The molecule has 0 aliphatic heterocycles. The minimum absolute atomic E-state index is 0.0243. The van der Waals surface area contributed by atoms with E-state index in [1.54, 1.807) is 33.1 Å². The molecule has 1 N–H and O–H groups in total. The van der Waals surface area contributed by atoms with Crippen molar-refractivity contribution in [1.29, 1.82) is 0 Å². The lowest BCUT2D eigenvalue weighted by Crippen LogP contribution is -2.01. The van der Waals surface area contributed by atoms with Gasteiger partial charge in [0.2, 0.25) is 0 Å². The Morgan fingerprint density at radius 2 is 1.67 bits per heavy atom. The van der Waals surface area contributed by atoms with Crippen molar-refractivity contribution >= 4 is 18.2 Å². The summed E-state index contributed by atoms with van der Waals surface area (Å²) in [6, 6.07) is 0. The van der Waals surface area contributed by atoms with Crippen LogP contribution in [0, 0.1) is 0 Å². The predicted molar refractivity (Wildman–Crippen MR) is 62.4 cm³/mol. The Bertz CT molecular complexity index is 350. The fraction of sp³-hybridized carbons (Fsp3) is 0.364. The number of ketones is 1. The van der Waals surface area contributed by atoms with Gasteiger partial charge in [-0.3, -0.25) is 14.8 Å². The number of aliphatic imine (C=N–C) groups is 2. The van der Waals surface area contributed by atoms with Crippen LogP contribution in [0.1, 0.15) is 27.7 Å². The van der Waals surface area contributed by atoms with E-state index in [2.05, 4.69) is 9.98 Å². The number of nitrogens with zero attached hydrogens (tertiary/aromatic N) is 2. The van der Waals surface area contributed by atoms with Crippen molar-refractivity contribution in [3.63, 3.8) is 0 Å². The standard InChI is InChI=1S/C11H16N2O2/c1-5-9(12-6-2)11(15)10(8(4)14)13-7-3/h5-7,15H,1-4H3/b9-5-,11-10+,12-6-,13-7-. The fourth-order valence-electron chi connectivity index (χ4n) is 0.981. The Labute approximate surface area is 89.8 Å². The summed E-state index contributed by atoms with van der Waals surface area (Å²) in [5.41, 5.74) is 0.365. The van der Waals surface area contributed by atoms with Crippen molar-refractivity contribution in [2.75, 3.05) is 0 Å². The topological polar surface area (TPSA) is 62.0 Å². The van der Waals surface area contributed by atoms with Gasteiger partial charge in [0.25, 0.3) is 0 Å². The zero-order valence-corrected chi connectivity index (χ0v) is 9.48. The highest BCUT2D eigenvalue weighted by Crippen LogP contribution is 2.15. The molecule has 0 fully saturated rings. The summed E-state index contributed by atoms with van der Waals surface area (Å²) in [6.45, 7) is 6.48. The first-order valence-electron chi connectivity index (χ1n) is 4.66. The Kier molecular flexibility index (Phi) is 5.94. The Balaban J connectivity index is 5.44. The molecule has 0 saturated carbocycles. The first-order valence-corrected chi connectivity index (χ1v) is 4.66. The summed E-state index contributed by atoms with van der Waals surface area (Å²) in [4.78, 5) is 18.9. The Morgan fingerprint density at radius 3 is 2.00 bits per heavy atom. The van der Waals surface area contributed by atoms with E-state index >= 15 is 0 Å². The molecule has 0 aromatic carbocycles. The molecule has 0 rings (SSSR count).